The number of nitrogens with zero attached hydrogens (tertiary/aromatic N) is 1. The Morgan fingerprint density at radius 3 is 2.80 bits per heavy atom. The molecule has 4 atom stereocenters. The molecular weight excluding hydrogens is 380 g/mol. The van der Waals surface area contributed by atoms with Crippen molar-refractivity contribution in [1.29, 1.82) is 0 Å². The second-order valence-electron chi connectivity index (χ2n) is 10.3. The Labute approximate surface area is 179 Å². The molecule has 6 nitrogen and oxygen atoms in total. The first-order valence-corrected chi connectivity index (χ1v) is 11.2. The number of fused-ring (bicyclic) bond motifs is 1. The first kappa shape index (κ1) is 21.3. The zero-order valence-corrected chi connectivity index (χ0v) is 18.3. The lowest BCUT2D eigenvalue weighted by molar-refractivity contribution is -0.136. The van der Waals surface area contributed by atoms with Crippen molar-refractivity contribution in [3.8, 4) is 0 Å². The number of imide groups is 1. The van der Waals surface area contributed by atoms with Crippen LogP contribution in [0, 0.1) is 11.3 Å². The summed E-state index contributed by atoms with van der Waals surface area (Å²) in [4.78, 5) is 27.0. The molecule has 0 bridgehead atoms. The zero-order valence-electron chi connectivity index (χ0n) is 18.3. The van der Waals surface area contributed by atoms with E-state index in [-0.39, 0.29) is 30.6 Å². The molecule has 1 aromatic rings. The SMILES string of the molecule is C[C@@H]1CC(C)(C)C[C@]2(C1)NC(=O)N(C[C@@H](O)CO[C@@H]1CCCc3ccccc31)C2=O. The van der Waals surface area contributed by atoms with Crippen molar-refractivity contribution in [2.75, 3.05) is 13.2 Å². The molecule has 3 aliphatic rings. The van der Waals surface area contributed by atoms with Gasteiger partial charge in [0.05, 0.1) is 25.4 Å². The minimum atomic E-state index is -0.905. The number of amides is 3. The highest BCUT2D eigenvalue weighted by atomic mass is 16.5. The van der Waals surface area contributed by atoms with Crippen LogP contribution in [0.1, 0.15) is 70.1 Å². The first-order chi connectivity index (χ1) is 14.2. The maximum absolute atomic E-state index is 13.2. The molecule has 2 aliphatic carbocycles. The van der Waals surface area contributed by atoms with E-state index in [2.05, 4.69) is 38.2 Å². The van der Waals surface area contributed by atoms with Gasteiger partial charge in [-0.15, -0.1) is 0 Å². The van der Waals surface area contributed by atoms with E-state index in [1.54, 1.807) is 0 Å². The quantitative estimate of drug-likeness (QED) is 0.722. The second-order valence-corrected chi connectivity index (χ2v) is 10.3. The zero-order chi connectivity index (χ0) is 21.5. The van der Waals surface area contributed by atoms with Crippen molar-refractivity contribution >= 4 is 11.9 Å². The number of carbonyl (C=O) groups is 2. The number of ether oxygens (including phenoxy) is 1. The van der Waals surface area contributed by atoms with Crippen LogP contribution in [0.2, 0.25) is 0 Å². The van der Waals surface area contributed by atoms with Crippen LogP contribution in [0.3, 0.4) is 0 Å². The van der Waals surface area contributed by atoms with Crippen LogP contribution in [0.5, 0.6) is 0 Å². The lowest BCUT2D eigenvalue weighted by Crippen LogP contribution is -2.54. The molecule has 1 aliphatic heterocycles. The summed E-state index contributed by atoms with van der Waals surface area (Å²) in [6.45, 7) is 6.50. The molecule has 0 unspecified atom stereocenters. The largest absolute Gasteiger partial charge is 0.389 e. The number of benzene rings is 1. The summed E-state index contributed by atoms with van der Waals surface area (Å²) in [5.74, 6) is 0.159. The van der Waals surface area contributed by atoms with E-state index in [1.807, 2.05) is 12.1 Å². The highest BCUT2D eigenvalue weighted by Gasteiger charge is 2.56. The Morgan fingerprint density at radius 1 is 1.27 bits per heavy atom. The molecule has 6 heteroatoms. The molecule has 30 heavy (non-hydrogen) atoms. The smallest absolute Gasteiger partial charge is 0.325 e. The Hall–Kier alpha value is -1.92. The Kier molecular flexibility index (Phi) is 5.66. The number of hydrogen-bond acceptors (Lipinski definition) is 4. The van der Waals surface area contributed by atoms with Crippen molar-refractivity contribution in [3.63, 3.8) is 0 Å². The third kappa shape index (κ3) is 4.12. The fourth-order valence-electron chi connectivity index (χ4n) is 6.04. The van der Waals surface area contributed by atoms with E-state index in [0.717, 1.165) is 25.7 Å². The van der Waals surface area contributed by atoms with Crippen LogP contribution in [0.25, 0.3) is 0 Å². The van der Waals surface area contributed by atoms with E-state index in [1.165, 1.54) is 16.0 Å². The average Bonchev–Trinajstić information content (AvgIpc) is 2.88. The van der Waals surface area contributed by atoms with Gasteiger partial charge in [-0.1, -0.05) is 45.0 Å². The molecule has 164 valence electrons. The third-order valence-corrected chi connectivity index (χ3v) is 6.82. The molecule has 0 radical (unpaired) electrons. The van der Waals surface area contributed by atoms with Gasteiger partial charge in [-0.2, -0.15) is 0 Å². The number of rotatable bonds is 5. The highest BCUT2D eigenvalue weighted by molar-refractivity contribution is 6.07. The summed E-state index contributed by atoms with van der Waals surface area (Å²) in [7, 11) is 0. The van der Waals surface area contributed by atoms with E-state index < -0.39 is 17.7 Å². The normalized spacial score (nSPS) is 31.5. The minimum Gasteiger partial charge on any atom is -0.389 e. The molecule has 0 aromatic heterocycles. The van der Waals surface area contributed by atoms with Gasteiger partial charge in [0.15, 0.2) is 0 Å². The van der Waals surface area contributed by atoms with Gasteiger partial charge in [0.2, 0.25) is 0 Å². The Morgan fingerprint density at radius 2 is 2.03 bits per heavy atom. The maximum Gasteiger partial charge on any atom is 0.325 e. The molecule has 2 N–H and O–H groups in total. The number of urea groups is 1. The second kappa shape index (κ2) is 7.97. The number of aliphatic hydroxyl groups is 1. The summed E-state index contributed by atoms with van der Waals surface area (Å²) >= 11 is 0. The summed E-state index contributed by atoms with van der Waals surface area (Å²) in [5, 5.41) is 13.5. The maximum atomic E-state index is 13.2. The fourth-order valence-corrected chi connectivity index (χ4v) is 6.04. The summed E-state index contributed by atoms with van der Waals surface area (Å²) < 4.78 is 6.02. The summed E-state index contributed by atoms with van der Waals surface area (Å²) in [6, 6.07) is 7.86. The van der Waals surface area contributed by atoms with Crippen LogP contribution in [0.4, 0.5) is 4.79 Å². The number of nitrogens with one attached hydrogen (secondary N) is 1. The van der Waals surface area contributed by atoms with Gasteiger partial charge in [-0.25, -0.2) is 4.79 Å². The molecule has 1 saturated carbocycles. The van der Waals surface area contributed by atoms with Crippen LogP contribution >= 0.6 is 0 Å². The Bertz CT molecular complexity index is 823. The van der Waals surface area contributed by atoms with E-state index in [9.17, 15) is 14.7 Å². The first-order valence-electron chi connectivity index (χ1n) is 11.2. The van der Waals surface area contributed by atoms with Crippen LogP contribution in [-0.2, 0) is 16.0 Å². The van der Waals surface area contributed by atoms with Gasteiger partial charge in [-0.3, -0.25) is 9.69 Å². The highest BCUT2D eigenvalue weighted by Crippen LogP contribution is 2.46. The van der Waals surface area contributed by atoms with Crippen molar-refractivity contribution in [3.05, 3.63) is 35.4 Å². The third-order valence-electron chi connectivity index (χ3n) is 6.82. The van der Waals surface area contributed by atoms with E-state index in [0.29, 0.717) is 18.8 Å². The molecule has 1 saturated heterocycles. The molecule has 1 heterocycles. The van der Waals surface area contributed by atoms with Crippen molar-refractivity contribution in [2.45, 2.75) is 77.0 Å². The summed E-state index contributed by atoms with van der Waals surface area (Å²) in [6.07, 6.45) is 4.41. The lowest BCUT2D eigenvalue weighted by Gasteiger charge is -2.43. The Balaban J connectivity index is 1.38. The van der Waals surface area contributed by atoms with Crippen molar-refractivity contribution in [2.24, 2.45) is 11.3 Å². The molecule has 1 spiro atoms. The number of β-amino-alcohol motifs (C(OH)–C–C–N with tert-alkyl or cyclic N) is 1. The monoisotopic (exact) mass is 414 g/mol. The van der Waals surface area contributed by atoms with Crippen LogP contribution in [0.15, 0.2) is 24.3 Å². The number of aryl methyl sites for hydroxylation is 1. The predicted molar refractivity (Wildman–Crippen MR) is 114 cm³/mol. The van der Waals surface area contributed by atoms with Gasteiger partial charge in [0.25, 0.3) is 5.91 Å². The van der Waals surface area contributed by atoms with Crippen molar-refractivity contribution in [1.82, 2.24) is 10.2 Å². The lowest BCUT2D eigenvalue weighted by atomic mass is 9.64. The average molecular weight is 415 g/mol. The number of hydrogen-bond donors (Lipinski definition) is 2. The van der Waals surface area contributed by atoms with Crippen LogP contribution in [-0.4, -0.2) is 46.7 Å². The number of aliphatic hydroxyl groups excluding tert-OH is 1. The van der Waals surface area contributed by atoms with Gasteiger partial charge >= 0.3 is 6.03 Å². The summed E-state index contributed by atoms with van der Waals surface area (Å²) in [5.41, 5.74) is 1.64. The van der Waals surface area contributed by atoms with Crippen LogP contribution < -0.4 is 5.32 Å². The van der Waals surface area contributed by atoms with Crippen molar-refractivity contribution < 1.29 is 19.4 Å². The van der Waals surface area contributed by atoms with E-state index >= 15 is 0 Å². The standard InChI is InChI=1S/C24H34N2O4/c1-16-11-23(2,3)15-24(12-16)21(28)26(22(29)25-24)13-18(27)14-30-20-10-6-8-17-7-4-5-9-19(17)20/h4-5,7,9,16,18,20,27H,6,8,10-15H2,1-3H3,(H,25,29)/t16-,18-,20-,24+/m1/s1. The van der Waals surface area contributed by atoms with Gasteiger partial charge in [-0.05, 0) is 61.0 Å². The van der Waals surface area contributed by atoms with E-state index in [4.69, 9.17) is 4.74 Å². The minimum absolute atomic E-state index is 0.00723. The topological polar surface area (TPSA) is 78.9 Å². The molecule has 1 aromatic carbocycles. The predicted octanol–water partition coefficient (Wildman–Crippen LogP) is 3.58. The molecule has 2 fully saturated rings. The number of carbonyl (C=O) groups excluding carboxylic acids is 2. The molecule has 3 amide bonds. The molecule has 4 rings (SSSR count). The fraction of sp³-hybridized carbons (Fsp3) is 0.667. The van der Waals surface area contributed by atoms with Gasteiger partial charge in [0.1, 0.15) is 5.54 Å². The molecular formula is C24H34N2O4. The van der Waals surface area contributed by atoms with Gasteiger partial charge in [0, 0.05) is 0 Å². The van der Waals surface area contributed by atoms with Gasteiger partial charge < -0.3 is 15.2 Å².